The monoisotopic (exact) mass is 229 g/mol. The minimum absolute atomic E-state index is 0.0333. The molecule has 0 unspecified atom stereocenters. The molecule has 1 amide bonds. The summed E-state index contributed by atoms with van der Waals surface area (Å²) in [6, 6.07) is 0.0333. The standard InChI is InChI=1S/C11H19NO4/c1-11(2,3)16-10(15)12(7-9(13)14)8-5-4-6-8/h8H,4-7H2,1-3H3,(H,13,14). The summed E-state index contributed by atoms with van der Waals surface area (Å²) in [6.45, 7) is 5.03. The van der Waals surface area contributed by atoms with Gasteiger partial charge in [-0.15, -0.1) is 0 Å². The van der Waals surface area contributed by atoms with Crippen molar-refractivity contribution in [2.24, 2.45) is 0 Å². The van der Waals surface area contributed by atoms with Crippen molar-refractivity contribution in [3.05, 3.63) is 0 Å². The molecule has 1 fully saturated rings. The zero-order valence-electron chi connectivity index (χ0n) is 10.0. The van der Waals surface area contributed by atoms with Crippen LogP contribution in [0.5, 0.6) is 0 Å². The molecule has 1 aliphatic carbocycles. The fourth-order valence-electron chi connectivity index (χ4n) is 1.51. The van der Waals surface area contributed by atoms with E-state index in [1.807, 2.05) is 0 Å². The van der Waals surface area contributed by atoms with E-state index in [-0.39, 0.29) is 12.6 Å². The summed E-state index contributed by atoms with van der Waals surface area (Å²) in [5, 5.41) is 8.75. The van der Waals surface area contributed by atoms with Gasteiger partial charge in [0.05, 0.1) is 0 Å². The predicted molar refractivity (Wildman–Crippen MR) is 58.2 cm³/mol. The number of amides is 1. The second-order valence-electron chi connectivity index (χ2n) is 5.09. The molecule has 16 heavy (non-hydrogen) atoms. The van der Waals surface area contributed by atoms with E-state index in [9.17, 15) is 9.59 Å². The first-order valence-corrected chi connectivity index (χ1v) is 5.51. The fourth-order valence-corrected chi connectivity index (χ4v) is 1.51. The average Bonchev–Trinajstić information content (AvgIpc) is 1.95. The number of carbonyl (C=O) groups is 2. The molecule has 0 heterocycles. The van der Waals surface area contributed by atoms with Gasteiger partial charge in [0.1, 0.15) is 12.1 Å². The lowest BCUT2D eigenvalue weighted by molar-refractivity contribution is -0.139. The van der Waals surface area contributed by atoms with Crippen molar-refractivity contribution < 1.29 is 19.4 Å². The van der Waals surface area contributed by atoms with Gasteiger partial charge in [-0.3, -0.25) is 9.69 Å². The van der Waals surface area contributed by atoms with E-state index >= 15 is 0 Å². The molecule has 5 heteroatoms. The number of hydrogen-bond donors (Lipinski definition) is 1. The Bertz CT molecular complexity index is 278. The largest absolute Gasteiger partial charge is 0.480 e. The smallest absolute Gasteiger partial charge is 0.411 e. The first-order valence-electron chi connectivity index (χ1n) is 5.51. The van der Waals surface area contributed by atoms with Crippen molar-refractivity contribution >= 4 is 12.1 Å². The van der Waals surface area contributed by atoms with Gasteiger partial charge in [-0.1, -0.05) is 0 Å². The predicted octanol–water partition coefficient (Wildman–Crippen LogP) is 1.86. The number of carbonyl (C=O) groups excluding carboxylic acids is 1. The van der Waals surface area contributed by atoms with Crippen LogP contribution in [0.2, 0.25) is 0 Å². The molecule has 0 aromatic rings. The van der Waals surface area contributed by atoms with E-state index in [1.165, 1.54) is 4.90 Å². The van der Waals surface area contributed by atoms with Crippen molar-refractivity contribution in [2.45, 2.75) is 51.7 Å². The molecule has 0 saturated heterocycles. The summed E-state index contributed by atoms with van der Waals surface area (Å²) >= 11 is 0. The van der Waals surface area contributed by atoms with Gasteiger partial charge in [0.2, 0.25) is 0 Å². The van der Waals surface area contributed by atoms with E-state index in [2.05, 4.69) is 0 Å². The SMILES string of the molecule is CC(C)(C)OC(=O)N(CC(=O)O)C1CCC1. The Morgan fingerprint density at radius 2 is 1.94 bits per heavy atom. The minimum atomic E-state index is -1.00. The molecule has 1 N–H and O–H groups in total. The van der Waals surface area contributed by atoms with E-state index < -0.39 is 17.7 Å². The lowest BCUT2D eigenvalue weighted by Gasteiger charge is -2.37. The van der Waals surface area contributed by atoms with Crippen molar-refractivity contribution in [1.29, 1.82) is 0 Å². The van der Waals surface area contributed by atoms with Crippen molar-refractivity contribution in [3.63, 3.8) is 0 Å². The summed E-state index contributed by atoms with van der Waals surface area (Å²) in [5.41, 5.74) is -0.586. The Kier molecular flexibility index (Phi) is 3.78. The number of hydrogen-bond acceptors (Lipinski definition) is 3. The van der Waals surface area contributed by atoms with Crippen LogP contribution in [0.15, 0.2) is 0 Å². The maximum atomic E-state index is 11.8. The zero-order chi connectivity index (χ0) is 12.3. The lowest BCUT2D eigenvalue weighted by Crippen LogP contribution is -2.48. The summed E-state index contributed by atoms with van der Waals surface area (Å²) in [4.78, 5) is 23.8. The first kappa shape index (κ1) is 12.8. The Morgan fingerprint density at radius 3 is 2.25 bits per heavy atom. The lowest BCUT2D eigenvalue weighted by atomic mass is 9.92. The van der Waals surface area contributed by atoms with Gasteiger partial charge in [-0.05, 0) is 40.0 Å². The topological polar surface area (TPSA) is 66.8 Å². The second kappa shape index (κ2) is 4.72. The molecule has 0 aliphatic heterocycles. The molecule has 0 aromatic heterocycles. The van der Waals surface area contributed by atoms with Gasteiger partial charge in [0.15, 0.2) is 0 Å². The normalized spacial score (nSPS) is 16.4. The highest BCUT2D eigenvalue weighted by Gasteiger charge is 2.33. The van der Waals surface area contributed by atoms with Gasteiger partial charge in [0.25, 0.3) is 0 Å². The van der Waals surface area contributed by atoms with Crippen LogP contribution in [0.4, 0.5) is 4.79 Å². The van der Waals surface area contributed by atoms with Gasteiger partial charge >= 0.3 is 12.1 Å². The molecule has 5 nitrogen and oxygen atoms in total. The Labute approximate surface area is 95.4 Å². The molecule has 92 valence electrons. The third-order valence-electron chi connectivity index (χ3n) is 2.45. The first-order chi connectivity index (χ1) is 7.29. The highest BCUT2D eigenvalue weighted by molar-refractivity contribution is 5.77. The van der Waals surface area contributed by atoms with Crippen molar-refractivity contribution in [1.82, 2.24) is 4.90 Å². The van der Waals surface area contributed by atoms with E-state index in [0.29, 0.717) is 0 Å². The van der Waals surface area contributed by atoms with Crippen LogP contribution in [0, 0.1) is 0 Å². The molecule has 0 radical (unpaired) electrons. The highest BCUT2D eigenvalue weighted by Crippen LogP contribution is 2.26. The van der Waals surface area contributed by atoms with E-state index in [4.69, 9.17) is 9.84 Å². The number of aliphatic carboxylic acids is 1. The summed E-state index contributed by atoms with van der Waals surface area (Å²) in [6.07, 6.45) is 2.25. The highest BCUT2D eigenvalue weighted by atomic mass is 16.6. The number of carboxylic acids is 1. The Hall–Kier alpha value is -1.26. The second-order valence-corrected chi connectivity index (χ2v) is 5.09. The van der Waals surface area contributed by atoms with Gasteiger partial charge in [0, 0.05) is 6.04 Å². The molecular weight excluding hydrogens is 210 g/mol. The minimum Gasteiger partial charge on any atom is -0.480 e. The van der Waals surface area contributed by atoms with Crippen LogP contribution in [0.3, 0.4) is 0 Å². The Morgan fingerprint density at radius 1 is 1.38 bits per heavy atom. The number of rotatable bonds is 3. The molecule has 0 atom stereocenters. The van der Waals surface area contributed by atoms with Crippen LogP contribution in [-0.2, 0) is 9.53 Å². The zero-order valence-corrected chi connectivity index (χ0v) is 10.0. The third-order valence-corrected chi connectivity index (χ3v) is 2.45. The molecule has 1 saturated carbocycles. The quantitative estimate of drug-likeness (QED) is 0.802. The van der Waals surface area contributed by atoms with Crippen LogP contribution in [-0.4, -0.2) is 40.3 Å². The summed E-state index contributed by atoms with van der Waals surface area (Å²) in [5.74, 6) is -1.00. The fraction of sp³-hybridized carbons (Fsp3) is 0.818. The van der Waals surface area contributed by atoms with Crippen LogP contribution >= 0.6 is 0 Å². The maximum Gasteiger partial charge on any atom is 0.411 e. The molecule has 0 bridgehead atoms. The molecule has 1 rings (SSSR count). The summed E-state index contributed by atoms with van der Waals surface area (Å²) in [7, 11) is 0. The van der Waals surface area contributed by atoms with Gasteiger partial charge in [-0.2, -0.15) is 0 Å². The third kappa shape index (κ3) is 3.72. The Balaban J connectivity index is 2.60. The van der Waals surface area contributed by atoms with Gasteiger partial charge in [-0.25, -0.2) is 4.79 Å². The average molecular weight is 229 g/mol. The van der Waals surface area contributed by atoms with Crippen LogP contribution in [0.1, 0.15) is 40.0 Å². The van der Waals surface area contributed by atoms with Crippen LogP contribution in [0.25, 0.3) is 0 Å². The van der Waals surface area contributed by atoms with Crippen molar-refractivity contribution in [2.75, 3.05) is 6.54 Å². The maximum absolute atomic E-state index is 11.8. The molecule has 0 aromatic carbocycles. The number of nitrogens with zero attached hydrogens (tertiary/aromatic N) is 1. The summed E-state index contributed by atoms with van der Waals surface area (Å²) < 4.78 is 5.18. The molecule has 1 aliphatic rings. The molecule has 0 spiro atoms. The van der Waals surface area contributed by atoms with Gasteiger partial charge < -0.3 is 9.84 Å². The number of carboxylic acid groups (broad SMARTS) is 1. The van der Waals surface area contributed by atoms with Crippen LogP contribution < -0.4 is 0 Å². The van der Waals surface area contributed by atoms with E-state index in [0.717, 1.165) is 19.3 Å². The molecular formula is C11H19NO4. The number of ether oxygens (including phenoxy) is 1. The van der Waals surface area contributed by atoms with E-state index in [1.54, 1.807) is 20.8 Å². The van der Waals surface area contributed by atoms with Crippen molar-refractivity contribution in [3.8, 4) is 0 Å².